The normalized spacial score (nSPS) is 11.3. The molecule has 3 aromatic rings. The van der Waals surface area contributed by atoms with Gasteiger partial charge in [0.2, 0.25) is 5.91 Å². The van der Waals surface area contributed by atoms with Gasteiger partial charge < -0.3 is 10.5 Å². The summed E-state index contributed by atoms with van der Waals surface area (Å²) in [6, 6.07) is 4.48. The van der Waals surface area contributed by atoms with Crippen LogP contribution in [0.15, 0.2) is 41.0 Å². The third kappa shape index (κ3) is 5.99. The van der Waals surface area contributed by atoms with Crippen molar-refractivity contribution in [1.29, 1.82) is 0 Å². The number of aromatic nitrogens is 3. The van der Waals surface area contributed by atoms with Gasteiger partial charge in [-0.05, 0) is 25.1 Å². The molecule has 0 atom stereocenters. The second-order valence-corrected chi connectivity index (χ2v) is 8.26. The molecule has 0 aliphatic rings. The molecule has 0 fully saturated rings. The number of anilines is 3. The number of hydrogen-bond donors (Lipinski definition) is 1. The second-order valence-electron chi connectivity index (χ2n) is 6.48. The molecule has 0 unspecified atom stereocenters. The van der Waals surface area contributed by atoms with Crippen molar-refractivity contribution < 1.29 is 27.5 Å². The van der Waals surface area contributed by atoms with Crippen LogP contribution in [0, 0.1) is 0 Å². The van der Waals surface area contributed by atoms with E-state index < -0.39 is 23.6 Å². The average Bonchev–Trinajstić information content (AvgIpc) is 3.20. The first kappa shape index (κ1) is 24.5. The molecule has 0 saturated heterocycles. The van der Waals surface area contributed by atoms with Gasteiger partial charge in [-0.15, -0.1) is 11.3 Å². The maximum Gasteiger partial charge on any atom is 0.416 e. The van der Waals surface area contributed by atoms with E-state index in [0.29, 0.717) is 16.6 Å². The zero-order valence-electron chi connectivity index (χ0n) is 17.4. The SMILES string of the molecule is CCOC(=O)c1cnc(SCc2csc(N(C(C)=O)c3cccc(C(F)(F)F)c3)n2)nc1N. The van der Waals surface area contributed by atoms with Crippen LogP contribution in [-0.4, -0.2) is 33.4 Å². The fourth-order valence-corrected chi connectivity index (χ4v) is 4.37. The van der Waals surface area contributed by atoms with Crippen molar-refractivity contribution >= 4 is 51.6 Å². The summed E-state index contributed by atoms with van der Waals surface area (Å²) in [6.07, 6.45) is -3.26. The van der Waals surface area contributed by atoms with Crippen LogP contribution in [0.3, 0.4) is 0 Å². The molecule has 0 spiro atoms. The minimum absolute atomic E-state index is 0.0165. The Bertz CT molecular complexity index is 1170. The van der Waals surface area contributed by atoms with Crippen LogP contribution in [0.1, 0.15) is 35.5 Å². The lowest BCUT2D eigenvalue weighted by Crippen LogP contribution is -2.23. The van der Waals surface area contributed by atoms with Gasteiger partial charge in [-0.2, -0.15) is 13.2 Å². The zero-order chi connectivity index (χ0) is 24.2. The lowest BCUT2D eigenvalue weighted by molar-refractivity contribution is -0.137. The van der Waals surface area contributed by atoms with Crippen LogP contribution in [-0.2, 0) is 21.5 Å². The lowest BCUT2D eigenvalue weighted by atomic mass is 10.2. The Morgan fingerprint density at radius 1 is 1.27 bits per heavy atom. The lowest BCUT2D eigenvalue weighted by Gasteiger charge is -2.19. The third-order valence-corrected chi connectivity index (χ3v) is 5.89. The summed E-state index contributed by atoms with van der Waals surface area (Å²) in [5.41, 5.74) is 5.64. The van der Waals surface area contributed by atoms with E-state index in [1.807, 2.05) is 0 Å². The van der Waals surface area contributed by atoms with Crippen molar-refractivity contribution in [2.45, 2.75) is 30.9 Å². The number of rotatable bonds is 7. The molecule has 0 aliphatic carbocycles. The van der Waals surface area contributed by atoms with Gasteiger partial charge in [0, 0.05) is 24.3 Å². The second kappa shape index (κ2) is 10.2. The van der Waals surface area contributed by atoms with Gasteiger partial charge in [0.15, 0.2) is 10.3 Å². The molecule has 3 rings (SSSR count). The predicted molar refractivity (Wildman–Crippen MR) is 118 cm³/mol. The summed E-state index contributed by atoms with van der Waals surface area (Å²) in [4.78, 5) is 37.6. The van der Waals surface area contributed by atoms with Gasteiger partial charge in [0.1, 0.15) is 11.4 Å². The summed E-state index contributed by atoms with van der Waals surface area (Å²) in [7, 11) is 0. The van der Waals surface area contributed by atoms with Crippen LogP contribution in [0.2, 0.25) is 0 Å². The number of thiazole rings is 1. The molecule has 13 heteroatoms. The first-order chi connectivity index (χ1) is 15.6. The van der Waals surface area contributed by atoms with Gasteiger partial charge in [-0.1, -0.05) is 17.8 Å². The fourth-order valence-electron chi connectivity index (χ4n) is 2.67. The molecule has 0 saturated carbocycles. The number of amides is 1. The number of nitrogens with zero attached hydrogens (tertiary/aromatic N) is 4. The molecule has 2 heterocycles. The summed E-state index contributed by atoms with van der Waals surface area (Å²) >= 11 is 2.31. The number of carbonyl (C=O) groups excluding carboxylic acids is 2. The number of ether oxygens (including phenoxy) is 1. The van der Waals surface area contributed by atoms with Gasteiger partial charge >= 0.3 is 12.1 Å². The molecule has 1 amide bonds. The van der Waals surface area contributed by atoms with Crippen LogP contribution >= 0.6 is 23.1 Å². The Kier molecular flexibility index (Phi) is 7.53. The average molecular weight is 498 g/mol. The molecular formula is C20H18F3N5O3S2. The number of nitrogens with two attached hydrogens (primary N) is 1. The van der Waals surface area contributed by atoms with E-state index in [-0.39, 0.29) is 28.8 Å². The predicted octanol–water partition coefficient (Wildman–Crippen LogP) is 4.69. The number of hydrogen-bond acceptors (Lipinski definition) is 9. The van der Waals surface area contributed by atoms with Gasteiger partial charge in [0.05, 0.1) is 23.6 Å². The van der Waals surface area contributed by atoms with Crippen LogP contribution in [0.5, 0.6) is 0 Å². The highest BCUT2D eigenvalue weighted by Crippen LogP contribution is 2.35. The van der Waals surface area contributed by atoms with Crippen molar-refractivity contribution in [3.63, 3.8) is 0 Å². The maximum atomic E-state index is 13.1. The van der Waals surface area contributed by atoms with Gasteiger partial charge in [-0.25, -0.2) is 19.7 Å². The van der Waals surface area contributed by atoms with E-state index in [1.54, 1.807) is 12.3 Å². The Morgan fingerprint density at radius 2 is 2.03 bits per heavy atom. The molecule has 1 aromatic carbocycles. The highest BCUT2D eigenvalue weighted by Gasteiger charge is 2.31. The summed E-state index contributed by atoms with van der Waals surface area (Å²) in [6.45, 7) is 3.11. The molecule has 0 bridgehead atoms. The summed E-state index contributed by atoms with van der Waals surface area (Å²) in [5, 5.41) is 2.22. The number of nitrogen functional groups attached to an aromatic ring is 1. The number of esters is 1. The molecular weight excluding hydrogens is 479 g/mol. The van der Waals surface area contributed by atoms with Crippen molar-refractivity contribution in [2.75, 3.05) is 17.2 Å². The Balaban J connectivity index is 1.75. The first-order valence-corrected chi connectivity index (χ1v) is 11.3. The molecule has 0 aliphatic heterocycles. The molecule has 33 heavy (non-hydrogen) atoms. The highest BCUT2D eigenvalue weighted by atomic mass is 32.2. The summed E-state index contributed by atoms with van der Waals surface area (Å²) in [5.74, 6) is -0.802. The topological polar surface area (TPSA) is 111 Å². The van der Waals surface area contributed by atoms with E-state index in [0.717, 1.165) is 28.4 Å². The monoisotopic (exact) mass is 497 g/mol. The Morgan fingerprint density at radius 3 is 2.67 bits per heavy atom. The minimum atomic E-state index is -4.53. The quantitative estimate of drug-likeness (QED) is 0.284. The van der Waals surface area contributed by atoms with E-state index >= 15 is 0 Å². The fraction of sp³-hybridized carbons (Fsp3) is 0.250. The van der Waals surface area contributed by atoms with Crippen LogP contribution < -0.4 is 10.6 Å². The largest absolute Gasteiger partial charge is 0.462 e. The molecule has 2 aromatic heterocycles. The molecule has 8 nitrogen and oxygen atoms in total. The molecule has 174 valence electrons. The van der Waals surface area contributed by atoms with E-state index in [9.17, 15) is 22.8 Å². The van der Waals surface area contributed by atoms with Crippen molar-refractivity contribution in [1.82, 2.24) is 15.0 Å². The Hall–Kier alpha value is -3.19. The summed E-state index contributed by atoms with van der Waals surface area (Å²) < 4.78 is 44.1. The smallest absolute Gasteiger partial charge is 0.416 e. The third-order valence-electron chi connectivity index (χ3n) is 4.12. The molecule has 2 N–H and O–H groups in total. The molecule has 0 radical (unpaired) electrons. The van der Waals surface area contributed by atoms with E-state index in [4.69, 9.17) is 10.5 Å². The van der Waals surface area contributed by atoms with Gasteiger partial charge in [0.25, 0.3) is 0 Å². The zero-order valence-corrected chi connectivity index (χ0v) is 19.1. The van der Waals surface area contributed by atoms with E-state index in [1.165, 1.54) is 37.0 Å². The van der Waals surface area contributed by atoms with Gasteiger partial charge in [-0.3, -0.25) is 9.69 Å². The van der Waals surface area contributed by atoms with Crippen molar-refractivity contribution in [3.8, 4) is 0 Å². The standard InChI is InChI=1S/C20H18F3N5O3S2/c1-3-31-17(30)15-8-25-18(27-16(15)24)32-9-13-10-33-19(26-13)28(11(2)29)14-6-4-5-12(7-14)20(21,22)23/h4-8,10H,3,9H2,1-2H3,(H2,24,25,27). The maximum absolute atomic E-state index is 13.1. The first-order valence-electron chi connectivity index (χ1n) is 9.45. The van der Waals surface area contributed by atoms with Crippen molar-refractivity contribution in [3.05, 3.63) is 52.7 Å². The number of benzene rings is 1. The minimum Gasteiger partial charge on any atom is -0.462 e. The highest BCUT2D eigenvalue weighted by molar-refractivity contribution is 7.98. The number of carbonyl (C=O) groups is 2. The number of alkyl halides is 3. The number of thioether (sulfide) groups is 1. The van der Waals surface area contributed by atoms with E-state index in [2.05, 4.69) is 15.0 Å². The number of halogens is 3. The van der Waals surface area contributed by atoms with Crippen LogP contribution in [0.4, 0.5) is 29.8 Å². The van der Waals surface area contributed by atoms with Crippen molar-refractivity contribution in [2.24, 2.45) is 0 Å². The Labute approximate surface area is 195 Å². The van der Waals surface area contributed by atoms with Crippen LogP contribution in [0.25, 0.3) is 0 Å².